The molecule has 2 aliphatic carbocycles. The average molecular weight is 907 g/mol. The predicted octanol–water partition coefficient (Wildman–Crippen LogP) is 5.36. The third-order valence-corrected chi connectivity index (χ3v) is 11.0. The highest BCUT2D eigenvalue weighted by molar-refractivity contribution is 7.91. The first-order valence-electron chi connectivity index (χ1n) is 18.2. The van der Waals surface area contributed by atoms with Crippen molar-refractivity contribution in [2.75, 3.05) is 28.1 Å². The zero-order valence-electron chi connectivity index (χ0n) is 32.3. The van der Waals surface area contributed by atoms with E-state index in [-0.39, 0.29) is 50.6 Å². The smallest absolute Gasteiger partial charge is 0.341 e. The Morgan fingerprint density at radius 1 is 0.703 bits per heavy atom. The summed E-state index contributed by atoms with van der Waals surface area (Å²) in [6, 6.07) is 23.8. The lowest BCUT2D eigenvalue weighted by Gasteiger charge is -2.19. The van der Waals surface area contributed by atoms with Crippen LogP contribution in [0.4, 0.5) is 28.4 Å². The van der Waals surface area contributed by atoms with Crippen LogP contribution in [0.2, 0.25) is 0 Å². The number of ether oxygens (including phenoxy) is 1. The van der Waals surface area contributed by atoms with Crippen LogP contribution >= 0.6 is 0 Å². The van der Waals surface area contributed by atoms with Gasteiger partial charge >= 0.3 is 11.9 Å². The van der Waals surface area contributed by atoms with E-state index >= 15 is 0 Å². The van der Waals surface area contributed by atoms with Crippen molar-refractivity contribution in [2.24, 2.45) is 10.2 Å². The number of hydrazone groups is 2. The van der Waals surface area contributed by atoms with Crippen molar-refractivity contribution in [3.63, 3.8) is 0 Å². The number of fused-ring (bicyclic) bond motifs is 2. The van der Waals surface area contributed by atoms with E-state index in [1.165, 1.54) is 24.3 Å². The maximum absolute atomic E-state index is 13.9. The number of carboxylic acid groups (broad SMARTS) is 2. The number of amides is 1. The Hall–Kier alpha value is -8.31. The summed E-state index contributed by atoms with van der Waals surface area (Å²) in [7, 11) is -10.0. The summed E-state index contributed by atoms with van der Waals surface area (Å²) in [6.45, 7) is -0.975. The summed E-state index contributed by atoms with van der Waals surface area (Å²) in [6.07, 6.45) is 4.07. The molecule has 2 aliphatic rings. The van der Waals surface area contributed by atoms with Crippen molar-refractivity contribution < 1.29 is 64.9 Å². The summed E-state index contributed by atoms with van der Waals surface area (Å²) in [4.78, 5) is 60.1. The molecule has 64 heavy (non-hydrogen) atoms. The van der Waals surface area contributed by atoms with Gasteiger partial charge in [-0.3, -0.25) is 34.3 Å². The second-order valence-electron chi connectivity index (χ2n) is 13.6. The number of nitrogens with zero attached hydrogens (tertiary/aromatic N) is 2. The van der Waals surface area contributed by atoms with Crippen LogP contribution in [-0.2, 0) is 34.6 Å². The minimum atomic E-state index is -5.18. The molecule has 5 aromatic rings. The van der Waals surface area contributed by atoms with E-state index in [4.69, 9.17) is 4.74 Å². The highest BCUT2D eigenvalue weighted by Crippen LogP contribution is 2.41. The van der Waals surface area contributed by atoms with Gasteiger partial charge in [0.05, 0.1) is 16.3 Å². The topological polar surface area (TPSA) is 317 Å². The molecule has 0 heterocycles. The lowest BCUT2D eigenvalue weighted by molar-refractivity contribution is -0.139. The molecule has 0 aliphatic heterocycles. The Bertz CT molecular complexity index is 3220. The maximum Gasteiger partial charge on any atom is 0.341 e. The van der Waals surface area contributed by atoms with Gasteiger partial charge in [0.2, 0.25) is 5.78 Å². The van der Waals surface area contributed by atoms with Crippen molar-refractivity contribution in [3.05, 3.63) is 142 Å². The van der Waals surface area contributed by atoms with Gasteiger partial charge in [0.15, 0.2) is 18.1 Å². The molecule has 20 nitrogen and oxygen atoms in total. The zero-order chi connectivity index (χ0) is 45.9. The number of carbonyl (C=O) groups is 5. The normalized spacial score (nSPS) is 15.0. The molecule has 5 aromatic carbocycles. The molecule has 7 rings (SSSR count). The third kappa shape index (κ3) is 9.74. The summed E-state index contributed by atoms with van der Waals surface area (Å²) < 4.78 is 75.6. The molecule has 324 valence electrons. The van der Waals surface area contributed by atoms with E-state index in [2.05, 4.69) is 31.7 Å². The standard InChI is InChI=1S/C42H30N6O14S2/c49-34-15-11-27(18-32(34)42(54)55)45-46-33-20-35(62-21-37(50)51)38(30-14-12-28(19-31(30)33)63(56,57)58)47-48-39-36(64(59,60)61)17-23-16-26(10-13-29(23)40(39)52)43-24-6-8-25(9-7-24)44-41(53)22-4-2-1-3-5-22/h1-20,43,46-47H,21H2,(H,44,53)(H,50,51)(H,54,55)(H,56,57,58)(H,59,60,61)/b45-27-,48-39-. The predicted molar refractivity (Wildman–Crippen MR) is 233 cm³/mol. The van der Waals surface area contributed by atoms with E-state index in [1.54, 1.807) is 54.6 Å². The first-order chi connectivity index (χ1) is 30.3. The first kappa shape index (κ1) is 43.8. The van der Waals surface area contributed by atoms with Gasteiger partial charge in [0, 0.05) is 45.0 Å². The summed E-state index contributed by atoms with van der Waals surface area (Å²) >= 11 is 0. The molecule has 0 saturated heterocycles. The van der Waals surface area contributed by atoms with Crippen LogP contribution in [0, 0.1) is 0 Å². The first-order valence-corrected chi connectivity index (χ1v) is 21.1. The van der Waals surface area contributed by atoms with E-state index < -0.39 is 71.4 Å². The van der Waals surface area contributed by atoms with Gasteiger partial charge in [-0.2, -0.15) is 27.0 Å². The SMILES string of the molecule is O=C(O)COc1cc(N/N=C2/C=CC(=O)C(C(=O)O)=C2)c2cc(S(=O)(=O)O)ccc2c1N/N=C1\C(=O)c2ccc(Nc3ccc(NC(=O)c4ccccc4)cc3)cc2C=C1S(=O)(=O)O. The van der Waals surface area contributed by atoms with Crippen LogP contribution in [0.3, 0.4) is 0 Å². The Morgan fingerprint density at radius 2 is 1.41 bits per heavy atom. The number of rotatable bonds is 14. The highest BCUT2D eigenvalue weighted by Gasteiger charge is 2.33. The van der Waals surface area contributed by atoms with Crippen LogP contribution in [-0.4, -0.2) is 83.6 Å². The fourth-order valence-corrected chi connectivity index (χ4v) is 7.47. The Morgan fingerprint density at radius 3 is 2.08 bits per heavy atom. The number of nitrogens with one attached hydrogen (secondary N) is 4. The number of hydrogen-bond donors (Lipinski definition) is 8. The number of hydrogen-bond acceptors (Lipinski definition) is 15. The Balaban J connectivity index is 1.23. The van der Waals surface area contributed by atoms with Gasteiger partial charge in [0.1, 0.15) is 21.9 Å². The maximum atomic E-state index is 13.9. The van der Waals surface area contributed by atoms with Crippen LogP contribution < -0.4 is 26.2 Å². The van der Waals surface area contributed by atoms with Crippen LogP contribution in [0.5, 0.6) is 5.75 Å². The molecule has 0 fully saturated rings. The number of aliphatic carboxylic acids is 2. The Labute approximate surface area is 361 Å². The number of benzene rings is 5. The molecule has 0 saturated carbocycles. The van der Waals surface area contributed by atoms with Crippen LogP contribution in [0.15, 0.2) is 141 Å². The van der Waals surface area contributed by atoms with Gasteiger partial charge in [0.25, 0.3) is 26.1 Å². The minimum absolute atomic E-state index is 0.0400. The number of ketones is 2. The van der Waals surface area contributed by atoms with E-state index in [0.29, 0.717) is 22.6 Å². The number of carbonyl (C=O) groups excluding carboxylic acids is 3. The van der Waals surface area contributed by atoms with Gasteiger partial charge in [-0.05, 0) is 96.6 Å². The van der Waals surface area contributed by atoms with Gasteiger partial charge < -0.3 is 25.6 Å². The van der Waals surface area contributed by atoms with Gasteiger partial charge in [-0.25, -0.2) is 9.59 Å². The number of allylic oxidation sites excluding steroid dienone is 4. The zero-order valence-corrected chi connectivity index (χ0v) is 34.0. The van der Waals surface area contributed by atoms with Gasteiger partial charge in [-0.15, -0.1) is 0 Å². The van der Waals surface area contributed by atoms with Crippen molar-refractivity contribution in [2.45, 2.75) is 4.90 Å². The van der Waals surface area contributed by atoms with Crippen molar-refractivity contribution >= 4 is 106 Å². The summed E-state index contributed by atoms with van der Waals surface area (Å²) in [5.74, 6) is -5.43. The molecule has 0 spiro atoms. The average Bonchev–Trinajstić information content (AvgIpc) is 3.25. The molecule has 0 radical (unpaired) electrons. The second kappa shape index (κ2) is 17.6. The second-order valence-corrected chi connectivity index (χ2v) is 16.4. The minimum Gasteiger partial charge on any atom is -0.480 e. The summed E-state index contributed by atoms with van der Waals surface area (Å²) in [5, 5.41) is 32.7. The summed E-state index contributed by atoms with van der Waals surface area (Å²) in [5.41, 5.74) is 5.13. The molecular formula is C42H30N6O14S2. The van der Waals surface area contributed by atoms with E-state index in [1.807, 2.05) is 0 Å². The van der Waals surface area contributed by atoms with Crippen LogP contribution in [0.25, 0.3) is 16.8 Å². The van der Waals surface area contributed by atoms with Crippen molar-refractivity contribution in [1.29, 1.82) is 0 Å². The van der Waals surface area contributed by atoms with E-state index in [0.717, 1.165) is 42.5 Å². The largest absolute Gasteiger partial charge is 0.480 e. The molecular weight excluding hydrogens is 877 g/mol. The molecule has 1 amide bonds. The number of carboxylic acids is 2. The lowest BCUT2D eigenvalue weighted by Crippen LogP contribution is -2.27. The molecule has 8 N–H and O–H groups in total. The van der Waals surface area contributed by atoms with Crippen LogP contribution in [0.1, 0.15) is 26.3 Å². The van der Waals surface area contributed by atoms with Crippen molar-refractivity contribution in [1.82, 2.24) is 0 Å². The Kier molecular flexibility index (Phi) is 12.0. The van der Waals surface area contributed by atoms with Crippen molar-refractivity contribution in [3.8, 4) is 5.75 Å². The molecule has 0 bridgehead atoms. The quantitative estimate of drug-likeness (QED) is 0.0301. The third-order valence-electron chi connectivity index (χ3n) is 9.28. The van der Waals surface area contributed by atoms with Gasteiger partial charge in [-0.1, -0.05) is 24.3 Å². The lowest BCUT2D eigenvalue weighted by atomic mass is 9.94. The molecule has 0 atom stereocenters. The number of Topliss-reactive ketones (excluding diaryl/α,β-unsaturated/α-hetero) is 1. The molecule has 0 aromatic heterocycles. The fourth-order valence-electron chi connectivity index (χ4n) is 6.31. The van der Waals surface area contributed by atoms with E-state index in [9.17, 15) is 60.1 Å². The highest BCUT2D eigenvalue weighted by atomic mass is 32.2. The fraction of sp³-hybridized carbons (Fsp3) is 0.0238. The molecule has 22 heteroatoms. The number of anilines is 5. The monoisotopic (exact) mass is 906 g/mol. The molecule has 0 unspecified atom stereocenters.